The maximum Gasteiger partial charge on any atom is 0.300 e. The predicted molar refractivity (Wildman–Crippen MR) is 37.8 cm³/mol. The van der Waals surface area contributed by atoms with E-state index in [1.165, 1.54) is 0 Å². The average molecular weight is 143 g/mol. The number of allylic oxidation sites excluding steroid dienone is 1. The first-order valence-electron chi connectivity index (χ1n) is 3.36. The molecule has 3 heteroatoms. The Balaban J connectivity index is 2.66. The predicted octanol–water partition coefficient (Wildman–Crippen LogP) is 1.48. The smallest absolute Gasteiger partial charge is 0.300 e. The SMILES string of the molecule is CC(C)=C1OC(C)N(C)O1. The first kappa shape index (κ1) is 7.41. The number of hydrogen-bond acceptors (Lipinski definition) is 3. The molecule has 0 aromatic rings. The first-order chi connectivity index (χ1) is 4.61. The second kappa shape index (κ2) is 2.50. The van der Waals surface area contributed by atoms with E-state index in [9.17, 15) is 0 Å². The van der Waals surface area contributed by atoms with Gasteiger partial charge in [-0.25, -0.2) is 0 Å². The van der Waals surface area contributed by atoms with Gasteiger partial charge in [0.2, 0.25) is 0 Å². The van der Waals surface area contributed by atoms with Crippen LogP contribution in [0.4, 0.5) is 0 Å². The Morgan fingerprint density at radius 3 is 2.30 bits per heavy atom. The Bertz CT molecular complexity index is 149. The largest absolute Gasteiger partial charge is 0.442 e. The van der Waals surface area contributed by atoms with Gasteiger partial charge in [0.25, 0.3) is 5.95 Å². The van der Waals surface area contributed by atoms with Crippen LogP contribution in [-0.2, 0) is 9.57 Å². The van der Waals surface area contributed by atoms with Crippen molar-refractivity contribution in [2.24, 2.45) is 0 Å². The maximum absolute atomic E-state index is 5.32. The number of hydroxylamine groups is 2. The molecule has 1 saturated heterocycles. The second-order valence-electron chi connectivity index (χ2n) is 2.64. The van der Waals surface area contributed by atoms with E-state index in [0.717, 1.165) is 5.57 Å². The number of nitrogens with zero attached hydrogens (tertiary/aromatic N) is 1. The molecule has 1 heterocycles. The van der Waals surface area contributed by atoms with E-state index >= 15 is 0 Å². The van der Waals surface area contributed by atoms with Crippen molar-refractivity contribution in [3.63, 3.8) is 0 Å². The Morgan fingerprint density at radius 1 is 1.50 bits per heavy atom. The van der Waals surface area contributed by atoms with Gasteiger partial charge in [-0.05, 0) is 20.8 Å². The Kier molecular flexibility index (Phi) is 1.85. The highest BCUT2D eigenvalue weighted by atomic mass is 16.9. The van der Waals surface area contributed by atoms with Crippen molar-refractivity contribution in [1.29, 1.82) is 0 Å². The lowest BCUT2D eigenvalue weighted by atomic mass is 10.4. The van der Waals surface area contributed by atoms with Crippen molar-refractivity contribution in [3.05, 3.63) is 11.5 Å². The molecule has 0 bridgehead atoms. The van der Waals surface area contributed by atoms with E-state index in [2.05, 4.69) is 0 Å². The zero-order valence-electron chi connectivity index (χ0n) is 6.84. The van der Waals surface area contributed by atoms with Gasteiger partial charge in [-0.2, -0.15) is 0 Å². The lowest BCUT2D eigenvalue weighted by Gasteiger charge is -2.06. The van der Waals surface area contributed by atoms with Crippen molar-refractivity contribution in [1.82, 2.24) is 5.06 Å². The maximum atomic E-state index is 5.32. The number of rotatable bonds is 0. The summed E-state index contributed by atoms with van der Waals surface area (Å²) in [6, 6.07) is 0. The summed E-state index contributed by atoms with van der Waals surface area (Å²) in [6.07, 6.45) is 0.0323. The van der Waals surface area contributed by atoms with Crippen LogP contribution in [0.3, 0.4) is 0 Å². The van der Waals surface area contributed by atoms with E-state index in [4.69, 9.17) is 9.57 Å². The van der Waals surface area contributed by atoms with Crippen LogP contribution < -0.4 is 0 Å². The molecule has 0 aromatic heterocycles. The summed E-state index contributed by atoms with van der Waals surface area (Å²) in [7, 11) is 1.85. The van der Waals surface area contributed by atoms with Crippen LogP contribution in [0.2, 0.25) is 0 Å². The van der Waals surface area contributed by atoms with E-state index in [1.807, 2.05) is 27.8 Å². The minimum atomic E-state index is 0.0323. The molecule has 0 saturated carbocycles. The van der Waals surface area contributed by atoms with Gasteiger partial charge in [-0.3, -0.25) is 0 Å². The van der Waals surface area contributed by atoms with E-state index in [1.54, 1.807) is 5.06 Å². The summed E-state index contributed by atoms with van der Waals surface area (Å²) < 4.78 is 5.32. The van der Waals surface area contributed by atoms with E-state index in [-0.39, 0.29) is 6.23 Å². The van der Waals surface area contributed by atoms with Crippen LogP contribution in [0.25, 0.3) is 0 Å². The summed E-state index contributed by atoms with van der Waals surface area (Å²) in [5.41, 5.74) is 1.07. The van der Waals surface area contributed by atoms with Gasteiger partial charge in [-0.1, -0.05) is 0 Å². The fourth-order valence-electron chi connectivity index (χ4n) is 0.665. The average Bonchev–Trinajstić information content (AvgIpc) is 2.13. The second-order valence-corrected chi connectivity index (χ2v) is 2.64. The zero-order chi connectivity index (χ0) is 7.72. The van der Waals surface area contributed by atoms with Crippen molar-refractivity contribution in [2.45, 2.75) is 27.0 Å². The summed E-state index contributed by atoms with van der Waals surface area (Å²) in [4.78, 5) is 5.23. The highest BCUT2D eigenvalue weighted by Gasteiger charge is 2.24. The molecule has 0 spiro atoms. The minimum Gasteiger partial charge on any atom is -0.442 e. The first-order valence-corrected chi connectivity index (χ1v) is 3.36. The molecule has 1 rings (SSSR count). The molecule has 1 unspecified atom stereocenters. The third kappa shape index (κ3) is 1.24. The molecule has 0 radical (unpaired) electrons. The van der Waals surface area contributed by atoms with E-state index < -0.39 is 0 Å². The lowest BCUT2D eigenvalue weighted by molar-refractivity contribution is -0.0827. The third-order valence-corrected chi connectivity index (χ3v) is 1.42. The molecule has 1 atom stereocenters. The summed E-state index contributed by atoms with van der Waals surface area (Å²) in [6.45, 7) is 5.86. The van der Waals surface area contributed by atoms with Crippen LogP contribution in [0, 0.1) is 0 Å². The molecule has 0 aromatic carbocycles. The highest BCUT2D eigenvalue weighted by molar-refractivity contribution is 4.96. The molecule has 1 aliphatic rings. The van der Waals surface area contributed by atoms with Crippen molar-refractivity contribution in [2.75, 3.05) is 7.05 Å². The van der Waals surface area contributed by atoms with Crippen molar-refractivity contribution < 1.29 is 9.57 Å². The molecule has 0 aliphatic carbocycles. The van der Waals surface area contributed by atoms with Crippen LogP contribution in [-0.4, -0.2) is 18.3 Å². The normalized spacial score (nSPS) is 26.0. The molecular formula is C7H13NO2. The summed E-state index contributed by atoms with van der Waals surface area (Å²) in [5, 5.41) is 1.68. The molecule has 58 valence electrons. The van der Waals surface area contributed by atoms with Crippen molar-refractivity contribution >= 4 is 0 Å². The molecule has 0 N–H and O–H groups in total. The van der Waals surface area contributed by atoms with Gasteiger partial charge in [0.05, 0.1) is 0 Å². The van der Waals surface area contributed by atoms with Gasteiger partial charge in [0.1, 0.15) is 0 Å². The number of hydrogen-bond donors (Lipinski definition) is 0. The van der Waals surface area contributed by atoms with Crippen LogP contribution in [0.15, 0.2) is 11.5 Å². The Labute approximate surface area is 61.2 Å². The summed E-state index contributed by atoms with van der Waals surface area (Å²) in [5.74, 6) is 0.634. The fraction of sp³-hybridized carbons (Fsp3) is 0.714. The quantitative estimate of drug-likeness (QED) is 0.512. The highest BCUT2D eigenvalue weighted by Crippen LogP contribution is 2.20. The molecule has 3 nitrogen and oxygen atoms in total. The summed E-state index contributed by atoms with van der Waals surface area (Å²) >= 11 is 0. The van der Waals surface area contributed by atoms with Crippen LogP contribution in [0.5, 0.6) is 0 Å². The zero-order valence-corrected chi connectivity index (χ0v) is 6.84. The monoisotopic (exact) mass is 143 g/mol. The Hall–Kier alpha value is -0.700. The molecule has 1 aliphatic heterocycles. The van der Waals surface area contributed by atoms with E-state index in [0.29, 0.717) is 5.95 Å². The van der Waals surface area contributed by atoms with Gasteiger partial charge in [-0.15, -0.1) is 5.06 Å². The minimum absolute atomic E-state index is 0.0323. The number of ether oxygens (including phenoxy) is 1. The molecule has 10 heavy (non-hydrogen) atoms. The third-order valence-electron chi connectivity index (χ3n) is 1.42. The lowest BCUT2D eigenvalue weighted by Crippen LogP contribution is -2.20. The van der Waals surface area contributed by atoms with Gasteiger partial charge in [0.15, 0.2) is 6.23 Å². The molecule has 1 fully saturated rings. The van der Waals surface area contributed by atoms with Gasteiger partial charge < -0.3 is 9.57 Å². The van der Waals surface area contributed by atoms with Crippen LogP contribution in [0.1, 0.15) is 20.8 Å². The van der Waals surface area contributed by atoms with Crippen molar-refractivity contribution in [3.8, 4) is 0 Å². The van der Waals surface area contributed by atoms with Gasteiger partial charge in [0, 0.05) is 12.6 Å². The van der Waals surface area contributed by atoms with Crippen LogP contribution >= 0.6 is 0 Å². The topological polar surface area (TPSA) is 21.7 Å². The standard InChI is InChI=1S/C7H13NO2/c1-5(2)7-9-6(3)8(4)10-7/h6H,1-4H3. The fourth-order valence-corrected chi connectivity index (χ4v) is 0.665. The molecular weight excluding hydrogens is 130 g/mol. The van der Waals surface area contributed by atoms with Gasteiger partial charge >= 0.3 is 0 Å². The Morgan fingerprint density at radius 2 is 2.10 bits per heavy atom. The molecule has 0 amide bonds.